The first-order chi connectivity index (χ1) is 69.4. The second-order valence-electron chi connectivity index (χ2n) is 33.6. The summed E-state index contributed by atoms with van der Waals surface area (Å²) in [5.74, 6) is -0.402. The molecule has 0 N–H and O–H groups in total. The highest BCUT2D eigenvalue weighted by Crippen LogP contribution is 2.57. The van der Waals surface area contributed by atoms with E-state index in [1.807, 2.05) is 140 Å². The van der Waals surface area contributed by atoms with E-state index >= 15 is 0 Å². The predicted molar refractivity (Wildman–Crippen MR) is 523 cm³/mol. The maximum Gasteiger partial charge on any atom is 0.123 e. The van der Waals surface area contributed by atoms with Gasteiger partial charge < -0.3 is 0 Å². The third-order valence-electron chi connectivity index (χ3n) is 25.8. The summed E-state index contributed by atoms with van der Waals surface area (Å²) in [6, 6.07) is 86.4. The van der Waals surface area contributed by atoms with E-state index in [2.05, 4.69) is 157 Å². The van der Waals surface area contributed by atoms with Crippen molar-refractivity contribution in [2.75, 3.05) is 0 Å². The molecule has 0 atom stereocenters. The van der Waals surface area contributed by atoms with E-state index in [-0.39, 0.29) is 97.3 Å². The van der Waals surface area contributed by atoms with Gasteiger partial charge in [0.15, 0.2) is 0 Å². The van der Waals surface area contributed by atoms with Crippen LogP contribution in [0.1, 0.15) is 109 Å². The second kappa shape index (κ2) is 29.6. The first kappa shape index (κ1) is 55.6. The Balaban J connectivity index is 0.000000125. The van der Waals surface area contributed by atoms with Crippen molar-refractivity contribution in [2.24, 2.45) is 0 Å². The average molecular weight is 1610 g/mol. The van der Waals surface area contributed by atoms with E-state index in [1.54, 1.807) is 24.3 Å². The van der Waals surface area contributed by atoms with Crippen LogP contribution in [0.25, 0.3) is 198 Å². The van der Waals surface area contributed by atoms with Crippen LogP contribution in [0, 0.1) is 17.1 Å². The summed E-state index contributed by atoms with van der Waals surface area (Å²) in [5.41, 5.74) is 23.8. The lowest BCUT2D eigenvalue weighted by Crippen LogP contribution is -2.16. The Labute approximate surface area is 753 Å². The van der Waals surface area contributed by atoms with Crippen LogP contribution in [0.5, 0.6) is 0 Å². The number of benzene rings is 21. The van der Waals surface area contributed by atoms with Gasteiger partial charge in [0.2, 0.25) is 0 Å². The van der Waals surface area contributed by atoms with Crippen LogP contribution in [-0.2, 0) is 16.2 Å². The van der Waals surface area contributed by atoms with Crippen molar-refractivity contribution in [3.8, 4) is 128 Å². The van der Waals surface area contributed by atoms with E-state index in [0.29, 0.717) is 54.7 Å². The molecule has 24 rings (SSSR count). The van der Waals surface area contributed by atoms with Crippen molar-refractivity contribution in [2.45, 2.75) is 57.8 Å². The quantitative estimate of drug-likeness (QED) is 0.139. The largest absolute Gasteiger partial charge is 0.207 e. The molecular formula is C122H86FN. The number of hydrogen-bond donors (Lipinski definition) is 0. The van der Waals surface area contributed by atoms with Gasteiger partial charge in [0, 0.05) is 16.2 Å². The molecule has 0 unspecified atom stereocenters. The van der Waals surface area contributed by atoms with E-state index in [0.717, 1.165) is 105 Å². The molecule has 21 aromatic carbocycles. The second-order valence-corrected chi connectivity index (χ2v) is 33.6. The smallest absolute Gasteiger partial charge is 0.123 e. The van der Waals surface area contributed by atoms with Crippen LogP contribution in [-0.4, -0.2) is 0 Å². The number of halogens is 1. The molecule has 0 heterocycles. The Morgan fingerprint density at radius 2 is 0.613 bits per heavy atom. The topological polar surface area (TPSA) is 23.8 Å². The maximum absolute atomic E-state index is 14.9. The average Bonchev–Trinajstić information content (AvgIpc) is 1.55. The molecule has 0 aliphatic heterocycles. The predicted octanol–water partition coefficient (Wildman–Crippen LogP) is 33.4. The van der Waals surface area contributed by atoms with Gasteiger partial charge >= 0.3 is 0 Å². The van der Waals surface area contributed by atoms with Crippen LogP contribution in [0.3, 0.4) is 0 Å². The van der Waals surface area contributed by atoms with Crippen molar-refractivity contribution in [1.29, 1.82) is 5.26 Å². The molecule has 0 fully saturated rings. The van der Waals surface area contributed by atoms with Gasteiger partial charge in [0.1, 0.15) is 5.82 Å². The number of nitriles is 1. The van der Waals surface area contributed by atoms with Gasteiger partial charge in [-0.15, -0.1) is 0 Å². The lowest BCUT2D eigenvalue weighted by molar-refractivity contribution is 0.630. The third kappa shape index (κ3) is 12.1. The number of nitrogens with zero attached hydrogens (tertiary/aromatic N) is 1. The highest BCUT2D eigenvalue weighted by molar-refractivity contribution is 6.26. The minimum Gasteiger partial charge on any atom is -0.207 e. The minimum absolute atomic E-state index is 0.0810. The summed E-state index contributed by atoms with van der Waals surface area (Å²) in [4.78, 5) is 0. The van der Waals surface area contributed by atoms with Crippen molar-refractivity contribution in [1.82, 2.24) is 0 Å². The Morgan fingerprint density at radius 3 is 1.23 bits per heavy atom. The molecule has 0 radical (unpaired) electrons. The molecule has 2 heteroatoms. The van der Waals surface area contributed by atoms with Gasteiger partial charge in [-0.3, -0.25) is 0 Å². The molecular weight excluding hydrogens is 1500 g/mol. The number of hydrogen-bond acceptors (Lipinski definition) is 1. The summed E-state index contributed by atoms with van der Waals surface area (Å²) in [6.45, 7) is 13.3. The van der Waals surface area contributed by atoms with Crippen molar-refractivity contribution < 1.29 is 33.2 Å². The van der Waals surface area contributed by atoms with Crippen LogP contribution in [0.15, 0.2) is 412 Å². The molecule has 124 heavy (non-hydrogen) atoms. The molecule has 0 saturated heterocycles. The van der Waals surface area contributed by atoms with Crippen molar-refractivity contribution in [3.63, 3.8) is 0 Å². The van der Waals surface area contributed by atoms with Crippen molar-refractivity contribution in [3.05, 3.63) is 457 Å². The van der Waals surface area contributed by atoms with Crippen LogP contribution in [0.4, 0.5) is 4.39 Å². The monoisotopic (exact) mass is 1600 g/mol. The summed E-state index contributed by atoms with van der Waals surface area (Å²) in [5, 5.41) is 16.1. The van der Waals surface area contributed by atoms with Crippen LogP contribution in [0.2, 0.25) is 0 Å². The lowest BCUT2D eigenvalue weighted by atomic mass is 9.78. The Bertz CT molecular complexity index is 9260. The fourth-order valence-corrected chi connectivity index (χ4v) is 20.1. The molecule has 0 bridgehead atoms. The van der Waals surface area contributed by atoms with Crippen LogP contribution >= 0.6 is 0 Å². The highest BCUT2D eigenvalue weighted by atomic mass is 19.1. The fourth-order valence-electron chi connectivity index (χ4n) is 20.1. The summed E-state index contributed by atoms with van der Waals surface area (Å²) in [6.07, 6.45) is 0. The molecule has 1 nitrogen and oxygen atoms in total. The van der Waals surface area contributed by atoms with Gasteiger partial charge in [-0.05, 0) is 274 Å². The van der Waals surface area contributed by atoms with Gasteiger partial charge in [-0.2, -0.15) is 5.26 Å². The van der Waals surface area contributed by atoms with E-state index < -0.39 is 89.9 Å². The molecule has 586 valence electrons. The highest BCUT2D eigenvalue weighted by Gasteiger charge is 2.40. The lowest BCUT2D eigenvalue weighted by Gasteiger charge is -2.24. The molecule has 0 saturated carbocycles. The Hall–Kier alpha value is -15.1. The first-order valence-electron chi connectivity index (χ1n) is 52.0. The summed E-state index contributed by atoms with van der Waals surface area (Å²) in [7, 11) is 0. The normalized spacial score (nSPS) is 15.7. The fraction of sp³-hybridized carbons (Fsp3) is 0.0738. The molecule has 0 amide bonds. The third-order valence-corrected chi connectivity index (χ3v) is 25.8. The molecule has 0 aromatic heterocycles. The van der Waals surface area contributed by atoms with Gasteiger partial charge in [-0.25, -0.2) is 4.39 Å². The molecule has 3 aliphatic carbocycles. The van der Waals surface area contributed by atoms with E-state index in [1.165, 1.54) is 51.1 Å². The number of fused-ring (bicyclic) bond motifs is 16. The molecule has 21 aromatic rings. The zero-order valence-electron chi connectivity index (χ0n) is 89.5. The standard InChI is InChI=1S/C46H31N.C41H30.C35H25F/c1-46(2)42-24-21-33(26-40(42)35-23-20-32(27-43(35)46)30-11-4-3-5-12-30)44-37-16-8-9-17-38(37)45(41-25-29(28-47)19-22-39(41)44)36-18-10-14-31-13-6-7-15-34(31)36;1-41(2)37-22-11-10-15-31(37)36-21-12-20-30(40(36)41)27-23-25-29(26-24-27)39-34-18-8-6-16-32(34)38(28-13-4-3-5-14-28)33-17-7-9-19-35(33)39;1-35(2)31-15-9-8-12-25(31)26-18-16-23(20-32(26)35)34-28-14-7-6-13-27(28)33(22-10-4-3-5-11-22)30-21-24(36)17-19-29(30)34/h3-27H,1-2H3;3-26H,1-2H3;3-21H,1-2H3/i8D,9D,16D,17D;3D,4D,5D,6D,7D,8D,9D,13D,14D,16D,17D,18D,19D;6D,7D,13D,14D. The van der Waals surface area contributed by atoms with E-state index in [9.17, 15) is 15.1 Å². The van der Waals surface area contributed by atoms with E-state index in [4.69, 9.17) is 23.3 Å². The molecule has 0 spiro atoms. The van der Waals surface area contributed by atoms with Crippen molar-refractivity contribution >= 4 is 75.4 Å². The summed E-state index contributed by atoms with van der Waals surface area (Å²) < 4.78 is 200. The maximum atomic E-state index is 14.9. The van der Waals surface area contributed by atoms with Gasteiger partial charge in [0.05, 0.1) is 40.4 Å². The Morgan fingerprint density at radius 1 is 0.226 bits per heavy atom. The SMILES string of the molecule is [2H]c1c([2H])c([2H])c(-c2c3c([2H])c([2H])c([2H])c([2H])c3c(-c3ccc(-c4cccc5c4C(C)(C)c4ccccc4-5)cc3)c3c([2H])c([2H])c([2H])c([2H])c23)c([2H])c1[2H].[2H]c1c([2H])c([2H])c2c(-c3cccc4ccccc34)c3cc(C#N)ccc3c(-c3ccc4c(c3)-c3ccc(-c5ccccc5)cc3C4(C)C)c2c1[2H].[2H]c1c([2H])c([2H])c2c(-c3ccccc3)c3cc(F)ccc3c(-c3ccc4c(c3)C(C)(C)c3ccccc3-4)c2c1[2H]. The van der Waals surface area contributed by atoms with Crippen LogP contribution < -0.4 is 0 Å². The zero-order chi connectivity index (χ0) is 102. The summed E-state index contributed by atoms with van der Waals surface area (Å²) >= 11 is 0. The first-order valence-corrected chi connectivity index (χ1v) is 41.5. The number of rotatable bonds is 8. The molecule has 3 aliphatic rings. The Kier molecular flexibility index (Phi) is 13.3. The zero-order valence-corrected chi connectivity index (χ0v) is 68.5. The van der Waals surface area contributed by atoms with Gasteiger partial charge in [0.25, 0.3) is 0 Å². The minimum atomic E-state index is -0.702. The van der Waals surface area contributed by atoms with Gasteiger partial charge in [-0.1, -0.05) is 411 Å².